The first kappa shape index (κ1) is 14.4. The van der Waals surface area contributed by atoms with Crippen molar-refractivity contribution in [2.24, 2.45) is 17.6 Å². The fourth-order valence-electron chi connectivity index (χ4n) is 3.80. The molecule has 1 fully saturated rings. The summed E-state index contributed by atoms with van der Waals surface area (Å²) in [5, 5.41) is 0. The monoisotopic (exact) mass is 260 g/mol. The Hall–Kier alpha value is -1.02. The third kappa shape index (κ3) is 2.51. The van der Waals surface area contributed by atoms with Gasteiger partial charge in [-0.2, -0.15) is 0 Å². The molecule has 2 N–H and O–H groups in total. The summed E-state index contributed by atoms with van der Waals surface area (Å²) in [5.74, 6) is 1.48. The molecule has 3 atom stereocenters. The molecule has 1 aromatic carbocycles. The number of benzene rings is 1. The minimum atomic E-state index is 0.124. The van der Waals surface area contributed by atoms with Crippen LogP contribution in [0.1, 0.15) is 38.7 Å². The maximum atomic E-state index is 6.22. The van der Waals surface area contributed by atoms with E-state index >= 15 is 0 Å². The fourth-order valence-corrected chi connectivity index (χ4v) is 3.80. The average Bonchev–Trinajstić information content (AvgIpc) is 2.39. The second-order valence-corrected chi connectivity index (χ2v) is 6.43. The lowest BCUT2D eigenvalue weighted by molar-refractivity contribution is 0.164. The van der Waals surface area contributed by atoms with Crippen LogP contribution in [0.5, 0.6) is 0 Å². The van der Waals surface area contributed by atoms with Gasteiger partial charge < -0.3 is 10.6 Å². The van der Waals surface area contributed by atoms with Crippen molar-refractivity contribution in [2.75, 3.05) is 18.5 Å². The van der Waals surface area contributed by atoms with Crippen LogP contribution in [0.2, 0.25) is 0 Å². The van der Waals surface area contributed by atoms with Gasteiger partial charge in [0, 0.05) is 19.3 Å². The Balaban J connectivity index is 2.33. The average molecular weight is 260 g/mol. The lowest BCUT2D eigenvalue weighted by atomic mass is 9.69. The van der Waals surface area contributed by atoms with Crippen molar-refractivity contribution in [3.63, 3.8) is 0 Å². The smallest absolute Gasteiger partial charge is 0.0546 e. The van der Waals surface area contributed by atoms with E-state index in [-0.39, 0.29) is 5.54 Å². The number of rotatable bonds is 3. The van der Waals surface area contributed by atoms with Crippen LogP contribution < -0.4 is 10.6 Å². The van der Waals surface area contributed by atoms with E-state index in [1.807, 2.05) is 0 Å². The Kier molecular flexibility index (Phi) is 4.19. The number of aryl methyl sites for hydroxylation is 1. The van der Waals surface area contributed by atoms with Crippen LogP contribution >= 0.6 is 0 Å². The molecule has 0 spiro atoms. The molecule has 1 aliphatic carbocycles. The van der Waals surface area contributed by atoms with Crippen molar-refractivity contribution in [3.8, 4) is 0 Å². The largest absolute Gasteiger partial charge is 0.367 e. The quantitative estimate of drug-likeness (QED) is 0.900. The van der Waals surface area contributed by atoms with Gasteiger partial charge in [-0.3, -0.25) is 0 Å². The molecule has 1 aromatic rings. The third-order valence-electron chi connectivity index (χ3n) is 5.24. The van der Waals surface area contributed by atoms with Gasteiger partial charge in [0.2, 0.25) is 0 Å². The molecule has 3 unspecified atom stereocenters. The van der Waals surface area contributed by atoms with Crippen molar-refractivity contribution < 1.29 is 0 Å². The van der Waals surface area contributed by atoms with E-state index in [1.165, 1.54) is 30.5 Å². The second-order valence-electron chi connectivity index (χ2n) is 6.43. The van der Waals surface area contributed by atoms with Gasteiger partial charge in [-0.25, -0.2) is 0 Å². The van der Waals surface area contributed by atoms with E-state index < -0.39 is 0 Å². The number of likely N-dealkylation sites (N-methyl/N-ethyl adjacent to an activating group) is 1. The van der Waals surface area contributed by atoms with Crippen LogP contribution in [0.3, 0.4) is 0 Å². The van der Waals surface area contributed by atoms with E-state index in [1.54, 1.807) is 0 Å². The molecule has 1 saturated carbocycles. The van der Waals surface area contributed by atoms with Gasteiger partial charge in [0.25, 0.3) is 0 Å². The highest BCUT2D eigenvalue weighted by molar-refractivity contribution is 5.55. The van der Waals surface area contributed by atoms with Gasteiger partial charge in [-0.05, 0) is 49.7 Å². The zero-order chi connectivity index (χ0) is 14.0. The lowest BCUT2D eigenvalue weighted by Crippen LogP contribution is -2.59. The molecule has 0 aliphatic heterocycles. The molecule has 0 radical (unpaired) electrons. The summed E-state index contributed by atoms with van der Waals surface area (Å²) in [6.45, 7) is 7.67. The topological polar surface area (TPSA) is 29.3 Å². The van der Waals surface area contributed by atoms with Crippen molar-refractivity contribution in [3.05, 3.63) is 29.8 Å². The number of hydrogen-bond donors (Lipinski definition) is 1. The standard InChI is InChI=1S/C17H28N2/c1-13-9-10-17(12-18,15(3)11-13)19(4)16-8-6-5-7-14(16)2/h5-8,13,15H,9-12,18H2,1-4H3. The maximum Gasteiger partial charge on any atom is 0.0546 e. The van der Waals surface area contributed by atoms with Crippen LogP contribution in [-0.4, -0.2) is 19.1 Å². The van der Waals surface area contributed by atoms with Crippen molar-refractivity contribution in [1.29, 1.82) is 0 Å². The summed E-state index contributed by atoms with van der Waals surface area (Å²) >= 11 is 0. The maximum absolute atomic E-state index is 6.22. The Morgan fingerprint density at radius 3 is 2.58 bits per heavy atom. The highest BCUT2D eigenvalue weighted by atomic mass is 15.2. The summed E-state index contributed by atoms with van der Waals surface area (Å²) in [6, 6.07) is 8.64. The first-order chi connectivity index (χ1) is 9.01. The number of nitrogens with zero attached hydrogens (tertiary/aromatic N) is 1. The number of para-hydroxylation sites is 1. The third-order valence-corrected chi connectivity index (χ3v) is 5.24. The van der Waals surface area contributed by atoms with Crippen LogP contribution in [0.25, 0.3) is 0 Å². The first-order valence-electron chi connectivity index (χ1n) is 7.51. The molecule has 0 amide bonds. The first-order valence-corrected chi connectivity index (χ1v) is 7.51. The van der Waals surface area contributed by atoms with Crippen molar-refractivity contribution >= 4 is 5.69 Å². The minimum Gasteiger partial charge on any atom is -0.367 e. The Morgan fingerprint density at radius 2 is 2.00 bits per heavy atom. The SMILES string of the molecule is Cc1ccccc1N(C)C1(CN)CCC(C)CC1C. The summed E-state index contributed by atoms with van der Waals surface area (Å²) in [4.78, 5) is 2.46. The zero-order valence-electron chi connectivity index (χ0n) is 12.8. The molecule has 0 aromatic heterocycles. The molecule has 2 rings (SSSR count). The van der Waals surface area contributed by atoms with Crippen LogP contribution in [0.15, 0.2) is 24.3 Å². The van der Waals surface area contributed by atoms with Crippen LogP contribution in [-0.2, 0) is 0 Å². The van der Waals surface area contributed by atoms with Crippen LogP contribution in [0, 0.1) is 18.8 Å². The summed E-state index contributed by atoms with van der Waals surface area (Å²) in [7, 11) is 2.22. The Bertz CT molecular complexity index is 429. The van der Waals surface area contributed by atoms with Gasteiger partial charge >= 0.3 is 0 Å². The molecular weight excluding hydrogens is 232 g/mol. The summed E-state index contributed by atoms with van der Waals surface area (Å²) < 4.78 is 0. The van der Waals surface area contributed by atoms with E-state index in [0.29, 0.717) is 5.92 Å². The molecule has 0 bridgehead atoms. The molecule has 106 valence electrons. The summed E-state index contributed by atoms with van der Waals surface area (Å²) in [6.07, 6.45) is 3.78. The molecule has 2 heteroatoms. The molecule has 1 aliphatic rings. The van der Waals surface area contributed by atoms with Gasteiger partial charge in [0.05, 0.1) is 5.54 Å². The number of hydrogen-bond acceptors (Lipinski definition) is 2. The predicted octanol–water partition coefficient (Wildman–Crippen LogP) is 3.58. The van der Waals surface area contributed by atoms with Crippen molar-refractivity contribution in [2.45, 2.75) is 45.6 Å². The molecule has 2 nitrogen and oxygen atoms in total. The normalized spacial score (nSPS) is 31.2. The van der Waals surface area contributed by atoms with E-state index in [9.17, 15) is 0 Å². The Labute approximate surface area is 118 Å². The molecule has 0 heterocycles. The highest BCUT2D eigenvalue weighted by Gasteiger charge is 2.42. The van der Waals surface area contributed by atoms with E-state index in [4.69, 9.17) is 5.73 Å². The molecular formula is C17H28N2. The predicted molar refractivity (Wildman–Crippen MR) is 83.5 cm³/mol. The summed E-state index contributed by atoms with van der Waals surface area (Å²) in [5.41, 5.74) is 9.01. The number of anilines is 1. The number of nitrogens with two attached hydrogens (primary N) is 1. The van der Waals surface area contributed by atoms with E-state index in [0.717, 1.165) is 12.5 Å². The van der Waals surface area contributed by atoms with Gasteiger partial charge in [-0.15, -0.1) is 0 Å². The molecule has 19 heavy (non-hydrogen) atoms. The fraction of sp³-hybridized carbons (Fsp3) is 0.647. The minimum absolute atomic E-state index is 0.124. The zero-order valence-corrected chi connectivity index (χ0v) is 12.8. The molecule has 0 saturated heterocycles. The van der Waals surface area contributed by atoms with Crippen LogP contribution in [0.4, 0.5) is 5.69 Å². The van der Waals surface area contributed by atoms with Gasteiger partial charge in [-0.1, -0.05) is 32.0 Å². The van der Waals surface area contributed by atoms with Gasteiger partial charge in [0.1, 0.15) is 0 Å². The van der Waals surface area contributed by atoms with E-state index in [2.05, 4.69) is 57.0 Å². The highest BCUT2D eigenvalue weighted by Crippen LogP contribution is 2.42. The lowest BCUT2D eigenvalue weighted by Gasteiger charge is -2.51. The van der Waals surface area contributed by atoms with Crippen molar-refractivity contribution in [1.82, 2.24) is 0 Å². The second kappa shape index (κ2) is 5.54. The van der Waals surface area contributed by atoms with Gasteiger partial charge in [0.15, 0.2) is 0 Å². The Morgan fingerprint density at radius 1 is 1.32 bits per heavy atom.